The van der Waals surface area contributed by atoms with Crippen LogP contribution in [-0.2, 0) is 11.3 Å². The van der Waals surface area contributed by atoms with Gasteiger partial charge in [0.05, 0.1) is 12.9 Å². The molecule has 0 radical (unpaired) electrons. The van der Waals surface area contributed by atoms with Crippen LogP contribution < -0.4 is 10.6 Å². The number of rotatable bonds is 8. The highest BCUT2D eigenvalue weighted by atomic mass is 35.5. The quantitative estimate of drug-likeness (QED) is 0.710. The van der Waals surface area contributed by atoms with Gasteiger partial charge in [0.2, 0.25) is 5.91 Å². The molecule has 5 nitrogen and oxygen atoms in total. The molecule has 1 fully saturated rings. The molecule has 1 aromatic heterocycles. The summed E-state index contributed by atoms with van der Waals surface area (Å²) >= 11 is 0. The van der Waals surface area contributed by atoms with Crippen molar-refractivity contribution >= 4 is 30.7 Å². The summed E-state index contributed by atoms with van der Waals surface area (Å²) in [6, 6.07) is 0. The second kappa shape index (κ2) is 10.1. The molecule has 0 atom stereocenters. The standard InChI is InChI=1S/C12H20N4O.2ClH/c17-12(9-14-8-11-2-3-11)15-4-1-6-16-7-5-13-10-16;;/h5,7,10-11,14H,1-4,6,8-9H2,(H,15,17);2*1H. The molecule has 1 aliphatic rings. The Bertz CT molecular complexity index is 342. The first-order chi connectivity index (χ1) is 8.34. The molecule has 2 rings (SSSR count). The smallest absolute Gasteiger partial charge is 0.233 e. The van der Waals surface area contributed by atoms with E-state index in [9.17, 15) is 4.79 Å². The first-order valence-electron chi connectivity index (χ1n) is 6.28. The molecule has 0 bridgehead atoms. The van der Waals surface area contributed by atoms with Gasteiger partial charge >= 0.3 is 0 Å². The minimum atomic E-state index is 0. The van der Waals surface area contributed by atoms with Crippen LogP contribution in [0.15, 0.2) is 18.7 Å². The number of carbonyl (C=O) groups excluding carboxylic acids is 1. The largest absolute Gasteiger partial charge is 0.355 e. The van der Waals surface area contributed by atoms with Crippen LogP contribution in [0, 0.1) is 5.92 Å². The third kappa shape index (κ3) is 8.08. The van der Waals surface area contributed by atoms with E-state index in [4.69, 9.17) is 0 Å². The van der Waals surface area contributed by atoms with Crippen LogP contribution in [0.1, 0.15) is 19.3 Å². The minimum Gasteiger partial charge on any atom is -0.355 e. The van der Waals surface area contributed by atoms with E-state index in [0.717, 1.165) is 32.0 Å². The number of nitrogens with zero attached hydrogens (tertiary/aromatic N) is 2. The predicted octanol–water partition coefficient (Wildman–Crippen LogP) is 1.23. The molecule has 0 aromatic carbocycles. The van der Waals surface area contributed by atoms with Gasteiger partial charge < -0.3 is 15.2 Å². The Kier molecular flexibility index (Phi) is 9.65. The molecule has 2 N–H and O–H groups in total. The topological polar surface area (TPSA) is 59.0 Å². The molecule has 7 heteroatoms. The number of imidazole rings is 1. The molecule has 0 saturated heterocycles. The number of hydrogen-bond donors (Lipinski definition) is 2. The SMILES string of the molecule is Cl.Cl.O=C(CNCC1CC1)NCCCn1ccnc1. The van der Waals surface area contributed by atoms with Crippen LogP contribution in [0.4, 0.5) is 0 Å². The molecule has 0 unspecified atom stereocenters. The van der Waals surface area contributed by atoms with Crippen molar-refractivity contribution in [2.24, 2.45) is 5.92 Å². The summed E-state index contributed by atoms with van der Waals surface area (Å²) in [7, 11) is 0. The maximum absolute atomic E-state index is 11.4. The first-order valence-corrected chi connectivity index (χ1v) is 6.28. The van der Waals surface area contributed by atoms with Crippen LogP contribution in [0.2, 0.25) is 0 Å². The molecule has 1 saturated carbocycles. The average Bonchev–Trinajstić information content (AvgIpc) is 3.00. The lowest BCUT2D eigenvalue weighted by molar-refractivity contribution is -0.120. The molecule has 1 heterocycles. The summed E-state index contributed by atoms with van der Waals surface area (Å²) in [6.07, 6.45) is 9.06. The lowest BCUT2D eigenvalue weighted by Crippen LogP contribution is -2.35. The third-order valence-corrected chi connectivity index (χ3v) is 2.89. The van der Waals surface area contributed by atoms with Gasteiger partial charge in [-0.3, -0.25) is 4.79 Å². The van der Waals surface area contributed by atoms with Crippen LogP contribution in [0.5, 0.6) is 0 Å². The van der Waals surface area contributed by atoms with Gasteiger partial charge in [0.25, 0.3) is 0 Å². The van der Waals surface area contributed by atoms with Gasteiger partial charge in [0.1, 0.15) is 0 Å². The highest BCUT2D eigenvalue weighted by Gasteiger charge is 2.20. The van der Waals surface area contributed by atoms with Crippen molar-refractivity contribution in [2.75, 3.05) is 19.6 Å². The van der Waals surface area contributed by atoms with Gasteiger partial charge in [0.15, 0.2) is 0 Å². The molecular formula is C12H22Cl2N4O. The van der Waals surface area contributed by atoms with Crippen LogP contribution in [0.25, 0.3) is 0 Å². The Morgan fingerprint density at radius 2 is 2.16 bits per heavy atom. The van der Waals surface area contributed by atoms with E-state index in [2.05, 4.69) is 15.6 Å². The summed E-state index contributed by atoms with van der Waals surface area (Å²) < 4.78 is 2.01. The fourth-order valence-electron chi connectivity index (χ4n) is 1.68. The van der Waals surface area contributed by atoms with Crippen molar-refractivity contribution < 1.29 is 4.79 Å². The molecule has 1 aromatic rings. The molecule has 19 heavy (non-hydrogen) atoms. The Balaban J connectivity index is 0.00000162. The van der Waals surface area contributed by atoms with E-state index in [1.54, 1.807) is 12.5 Å². The van der Waals surface area contributed by atoms with Crippen molar-refractivity contribution in [3.63, 3.8) is 0 Å². The van der Waals surface area contributed by atoms with Gasteiger partial charge in [-0.15, -0.1) is 24.8 Å². The van der Waals surface area contributed by atoms with E-state index in [0.29, 0.717) is 6.54 Å². The van der Waals surface area contributed by atoms with Crippen molar-refractivity contribution in [1.82, 2.24) is 20.2 Å². The molecule has 1 amide bonds. The summed E-state index contributed by atoms with van der Waals surface area (Å²) in [5.74, 6) is 0.917. The summed E-state index contributed by atoms with van der Waals surface area (Å²) in [5, 5.41) is 6.08. The lowest BCUT2D eigenvalue weighted by atomic mass is 10.4. The number of aromatic nitrogens is 2. The Labute approximate surface area is 126 Å². The fourth-order valence-corrected chi connectivity index (χ4v) is 1.68. The summed E-state index contributed by atoms with van der Waals surface area (Å²) in [6.45, 7) is 3.06. The third-order valence-electron chi connectivity index (χ3n) is 2.89. The molecule has 110 valence electrons. The minimum absolute atomic E-state index is 0. The zero-order valence-electron chi connectivity index (χ0n) is 10.9. The molecule has 0 aliphatic heterocycles. The van der Waals surface area contributed by atoms with Crippen molar-refractivity contribution in [2.45, 2.75) is 25.8 Å². The Morgan fingerprint density at radius 1 is 1.37 bits per heavy atom. The number of halogens is 2. The van der Waals surface area contributed by atoms with Gasteiger partial charge in [-0.05, 0) is 31.7 Å². The lowest BCUT2D eigenvalue weighted by Gasteiger charge is -2.06. The monoisotopic (exact) mass is 308 g/mol. The number of hydrogen-bond acceptors (Lipinski definition) is 3. The van der Waals surface area contributed by atoms with Crippen molar-refractivity contribution in [1.29, 1.82) is 0 Å². The number of aryl methyl sites for hydroxylation is 1. The number of amides is 1. The Hall–Kier alpha value is -0.780. The van der Waals surface area contributed by atoms with Gasteiger partial charge in [-0.1, -0.05) is 0 Å². The van der Waals surface area contributed by atoms with E-state index in [1.807, 2.05) is 10.8 Å². The second-order valence-electron chi connectivity index (χ2n) is 4.58. The number of nitrogens with one attached hydrogen (secondary N) is 2. The highest BCUT2D eigenvalue weighted by molar-refractivity contribution is 5.85. The highest BCUT2D eigenvalue weighted by Crippen LogP contribution is 2.27. The number of carbonyl (C=O) groups is 1. The van der Waals surface area contributed by atoms with E-state index in [1.165, 1.54) is 12.8 Å². The zero-order valence-corrected chi connectivity index (χ0v) is 12.5. The predicted molar refractivity (Wildman–Crippen MR) is 79.9 cm³/mol. The normalized spacial score (nSPS) is 13.3. The van der Waals surface area contributed by atoms with Gasteiger partial charge in [-0.2, -0.15) is 0 Å². The van der Waals surface area contributed by atoms with Crippen LogP contribution in [-0.4, -0.2) is 35.1 Å². The van der Waals surface area contributed by atoms with Crippen LogP contribution >= 0.6 is 24.8 Å². The van der Waals surface area contributed by atoms with Crippen LogP contribution in [0.3, 0.4) is 0 Å². The van der Waals surface area contributed by atoms with E-state index in [-0.39, 0.29) is 30.7 Å². The van der Waals surface area contributed by atoms with Crippen molar-refractivity contribution in [3.05, 3.63) is 18.7 Å². The second-order valence-corrected chi connectivity index (χ2v) is 4.58. The first kappa shape index (κ1) is 18.2. The van der Waals surface area contributed by atoms with Crippen molar-refractivity contribution in [3.8, 4) is 0 Å². The van der Waals surface area contributed by atoms with E-state index < -0.39 is 0 Å². The fraction of sp³-hybridized carbons (Fsp3) is 0.667. The Morgan fingerprint density at radius 3 is 2.79 bits per heavy atom. The maximum Gasteiger partial charge on any atom is 0.233 e. The molecular weight excluding hydrogens is 287 g/mol. The zero-order chi connectivity index (χ0) is 11.9. The van der Waals surface area contributed by atoms with Gasteiger partial charge in [0, 0.05) is 25.5 Å². The molecule has 0 spiro atoms. The van der Waals surface area contributed by atoms with E-state index >= 15 is 0 Å². The average molecular weight is 309 g/mol. The maximum atomic E-state index is 11.4. The summed E-state index contributed by atoms with van der Waals surface area (Å²) in [5.41, 5.74) is 0. The van der Waals surface area contributed by atoms with Gasteiger partial charge in [-0.25, -0.2) is 4.98 Å². The summed E-state index contributed by atoms with van der Waals surface area (Å²) in [4.78, 5) is 15.4. The molecule has 1 aliphatic carbocycles.